The van der Waals surface area contributed by atoms with Crippen molar-refractivity contribution in [3.63, 3.8) is 0 Å². The van der Waals surface area contributed by atoms with Crippen LogP contribution in [0, 0.1) is 5.41 Å². The van der Waals surface area contributed by atoms with Crippen LogP contribution < -0.4 is 10.6 Å². The second-order valence-corrected chi connectivity index (χ2v) is 5.65. The molecule has 0 bridgehead atoms. The minimum absolute atomic E-state index is 0.0412. The molecule has 0 spiro atoms. The summed E-state index contributed by atoms with van der Waals surface area (Å²) in [6.45, 7) is 2.40. The molecule has 1 aliphatic heterocycles. The first kappa shape index (κ1) is 14.6. The van der Waals surface area contributed by atoms with Gasteiger partial charge in [-0.2, -0.15) is 0 Å². The SMILES string of the molecule is CCC1(CNC(=O)N2CC(=O)NCC2C(=O)O)CCC1. The molecule has 1 aliphatic carbocycles. The Morgan fingerprint density at radius 1 is 1.50 bits per heavy atom. The van der Waals surface area contributed by atoms with Crippen molar-refractivity contribution in [2.24, 2.45) is 5.41 Å². The lowest BCUT2D eigenvalue weighted by molar-refractivity contribution is -0.144. The molecule has 2 aliphatic rings. The molecule has 3 N–H and O–H groups in total. The van der Waals surface area contributed by atoms with Crippen LogP contribution in [0.2, 0.25) is 0 Å². The number of carboxylic acid groups (broad SMARTS) is 1. The van der Waals surface area contributed by atoms with E-state index in [-0.39, 0.29) is 24.4 Å². The largest absolute Gasteiger partial charge is 0.480 e. The average Bonchev–Trinajstić information content (AvgIpc) is 2.37. The van der Waals surface area contributed by atoms with Crippen molar-refractivity contribution >= 4 is 17.9 Å². The number of carbonyl (C=O) groups is 3. The molecule has 1 heterocycles. The summed E-state index contributed by atoms with van der Waals surface area (Å²) in [5, 5.41) is 14.4. The molecular weight excluding hydrogens is 262 g/mol. The Labute approximate surface area is 117 Å². The minimum Gasteiger partial charge on any atom is -0.480 e. The normalized spacial score (nSPS) is 24.6. The molecule has 20 heavy (non-hydrogen) atoms. The number of amides is 3. The zero-order valence-electron chi connectivity index (χ0n) is 11.6. The van der Waals surface area contributed by atoms with Crippen molar-refractivity contribution in [2.45, 2.75) is 38.6 Å². The summed E-state index contributed by atoms with van der Waals surface area (Å²) in [6.07, 6.45) is 4.35. The Morgan fingerprint density at radius 2 is 2.20 bits per heavy atom. The first-order valence-corrected chi connectivity index (χ1v) is 7.01. The van der Waals surface area contributed by atoms with Gasteiger partial charge in [-0.05, 0) is 24.7 Å². The molecule has 0 aromatic carbocycles. The fourth-order valence-corrected chi connectivity index (χ4v) is 2.77. The van der Waals surface area contributed by atoms with Gasteiger partial charge in [0.25, 0.3) is 0 Å². The average molecular weight is 283 g/mol. The third-order valence-electron chi connectivity index (χ3n) is 4.51. The predicted molar refractivity (Wildman–Crippen MR) is 71.1 cm³/mol. The molecule has 7 heteroatoms. The fraction of sp³-hybridized carbons (Fsp3) is 0.769. The summed E-state index contributed by atoms with van der Waals surface area (Å²) < 4.78 is 0. The third kappa shape index (κ3) is 2.86. The molecule has 2 fully saturated rings. The lowest BCUT2D eigenvalue weighted by Crippen LogP contribution is -2.62. The van der Waals surface area contributed by atoms with Crippen molar-refractivity contribution in [1.29, 1.82) is 0 Å². The fourth-order valence-electron chi connectivity index (χ4n) is 2.77. The number of carboxylic acids is 1. The monoisotopic (exact) mass is 283 g/mol. The molecule has 2 rings (SSSR count). The number of nitrogens with zero attached hydrogens (tertiary/aromatic N) is 1. The number of rotatable bonds is 4. The number of carbonyl (C=O) groups excluding carboxylic acids is 2. The van der Waals surface area contributed by atoms with Gasteiger partial charge in [0.1, 0.15) is 12.6 Å². The molecule has 1 atom stereocenters. The van der Waals surface area contributed by atoms with Crippen LogP contribution in [0.15, 0.2) is 0 Å². The van der Waals surface area contributed by atoms with Gasteiger partial charge in [0.2, 0.25) is 5.91 Å². The van der Waals surface area contributed by atoms with Gasteiger partial charge in [-0.1, -0.05) is 13.3 Å². The van der Waals surface area contributed by atoms with E-state index in [9.17, 15) is 14.4 Å². The van der Waals surface area contributed by atoms with Crippen molar-refractivity contribution in [2.75, 3.05) is 19.6 Å². The van der Waals surface area contributed by atoms with Gasteiger partial charge in [-0.3, -0.25) is 9.69 Å². The van der Waals surface area contributed by atoms with Crippen molar-refractivity contribution < 1.29 is 19.5 Å². The summed E-state index contributed by atoms with van der Waals surface area (Å²) in [5.41, 5.74) is 0.159. The summed E-state index contributed by atoms with van der Waals surface area (Å²) in [7, 11) is 0. The zero-order valence-corrected chi connectivity index (χ0v) is 11.6. The Morgan fingerprint density at radius 3 is 2.70 bits per heavy atom. The highest BCUT2D eigenvalue weighted by atomic mass is 16.4. The van der Waals surface area contributed by atoms with Gasteiger partial charge in [0, 0.05) is 13.1 Å². The number of aliphatic carboxylic acids is 1. The lowest BCUT2D eigenvalue weighted by Gasteiger charge is -2.42. The summed E-state index contributed by atoms with van der Waals surface area (Å²) in [5.74, 6) is -1.43. The summed E-state index contributed by atoms with van der Waals surface area (Å²) >= 11 is 0. The van der Waals surface area contributed by atoms with E-state index in [0.717, 1.165) is 24.2 Å². The second-order valence-electron chi connectivity index (χ2n) is 5.65. The highest BCUT2D eigenvalue weighted by Gasteiger charge is 2.38. The molecule has 3 amide bonds. The lowest BCUT2D eigenvalue weighted by atomic mass is 9.67. The van der Waals surface area contributed by atoms with E-state index in [1.807, 2.05) is 0 Å². The van der Waals surface area contributed by atoms with E-state index in [4.69, 9.17) is 5.11 Å². The Balaban J connectivity index is 1.95. The van der Waals surface area contributed by atoms with Gasteiger partial charge in [-0.15, -0.1) is 0 Å². The number of urea groups is 1. The third-order valence-corrected chi connectivity index (χ3v) is 4.51. The first-order chi connectivity index (χ1) is 9.47. The summed E-state index contributed by atoms with van der Waals surface area (Å²) in [4.78, 5) is 35.7. The van der Waals surface area contributed by atoms with Crippen LogP contribution in [0.4, 0.5) is 4.79 Å². The summed E-state index contributed by atoms with van der Waals surface area (Å²) in [6, 6.07) is -1.46. The van der Waals surface area contributed by atoms with Crippen LogP contribution in [0.25, 0.3) is 0 Å². The van der Waals surface area contributed by atoms with E-state index >= 15 is 0 Å². The Bertz CT molecular complexity index is 414. The quantitative estimate of drug-likeness (QED) is 0.684. The maximum absolute atomic E-state index is 12.1. The van der Waals surface area contributed by atoms with Gasteiger partial charge in [0.15, 0.2) is 0 Å². The van der Waals surface area contributed by atoms with Crippen LogP contribution in [-0.2, 0) is 9.59 Å². The molecule has 7 nitrogen and oxygen atoms in total. The molecular formula is C13H21N3O4. The van der Waals surface area contributed by atoms with Crippen molar-refractivity contribution in [1.82, 2.24) is 15.5 Å². The highest BCUT2D eigenvalue weighted by molar-refractivity contribution is 5.90. The minimum atomic E-state index is -1.10. The van der Waals surface area contributed by atoms with Crippen LogP contribution in [0.5, 0.6) is 0 Å². The first-order valence-electron chi connectivity index (χ1n) is 7.01. The smallest absolute Gasteiger partial charge is 0.328 e. The van der Waals surface area contributed by atoms with E-state index in [0.29, 0.717) is 6.54 Å². The predicted octanol–water partition coefficient (Wildman–Crippen LogP) is 0.161. The number of piperazine rings is 1. The Hall–Kier alpha value is -1.79. The van der Waals surface area contributed by atoms with Crippen LogP contribution in [0.3, 0.4) is 0 Å². The number of hydrogen-bond acceptors (Lipinski definition) is 3. The maximum Gasteiger partial charge on any atom is 0.328 e. The van der Waals surface area contributed by atoms with Crippen molar-refractivity contribution in [3.8, 4) is 0 Å². The molecule has 112 valence electrons. The van der Waals surface area contributed by atoms with E-state index in [2.05, 4.69) is 17.6 Å². The number of hydrogen-bond donors (Lipinski definition) is 3. The second kappa shape index (κ2) is 5.68. The topological polar surface area (TPSA) is 98.7 Å². The van der Waals surface area contributed by atoms with Crippen LogP contribution in [0.1, 0.15) is 32.6 Å². The van der Waals surface area contributed by atoms with Gasteiger partial charge >= 0.3 is 12.0 Å². The Kier molecular flexibility index (Phi) is 4.15. The maximum atomic E-state index is 12.1. The van der Waals surface area contributed by atoms with Gasteiger partial charge in [-0.25, -0.2) is 9.59 Å². The van der Waals surface area contributed by atoms with E-state index < -0.39 is 18.0 Å². The zero-order chi connectivity index (χ0) is 14.8. The molecule has 1 saturated carbocycles. The molecule has 0 radical (unpaired) electrons. The molecule has 0 aromatic heterocycles. The standard InChI is InChI=1S/C13H21N3O4/c1-2-13(4-3-5-13)8-15-12(20)16-7-10(17)14-6-9(16)11(18)19/h9H,2-8H2,1H3,(H,14,17)(H,15,20)(H,18,19). The van der Waals surface area contributed by atoms with Crippen LogP contribution in [-0.4, -0.2) is 53.6 Å². The van der Waals surface area contributed by atoms with Gasteiger partial charge in [0.05, 0.1) is 0 Å². The number of nitrogens with one attached hydrogen (secondary N) is 2. The molecule has 0 aromatic rings. The molecule has 1 unspecified atom stereocenters. The van der Waals surface area contributed by atoms with E-state index in [1.165, 1.54) is 6.42 Å². The van der Waals surface area contributed by atoms with Crippen LogP contribution >= 0.6 is 0 Å². The van der Waals surface area contributed by atoms with Gasteiger partial charge < -0.3 is 15.7 Å². The van der Waals surface area contributed by atoms with Crippen molar-refractivity contribution in [3.05, 3.63) is 0 Å². The van der Waals surface area contributed by atoms with E-state index in [1.54, 1.807) is 0 Å². The highest BCUT2D eigenvalue weighted by Crippen LogP contribution is 2.43. The molecule has 1 saturated heterocycles.